The van der Waals surface area contributed by atoms with Crippen molar-refractivity contribution in [3.05, 3.63) is 41.9 Å². The van der Waals surface area contributed by atoms with Crippen LogP contribution in [0.2, 0.25) is 0 Å². The highest BCUT2D eigenvalue weighted by Crippen LogP contribution is 2.04. The zero-order valence-corrected chi connectivity index (χ0v) is 6.87. The van der Waals surface area contributed by atoms with E-state index in [1.54, 1.807) is 12.3 Å². The molecule has 1 aromatic rings. The van der Waals surface area contributed by atoms with Crippen LogP contribution in [0, 0.1) is 6.92 Å². The maximum Gasteiger partial charge on any atom is 0.209 e. The molecule has 0 atom stereocenters. The normalized spacial score (nSPS) is 9.42. The average Bonchev–Trinajstić information content (AvgIpc) is 2.03. The Morgan fingerprint density at radius 1 is 1.58 bits per heavy atom. The molecule has 3 nitrogen and oxygen atoms in total. The molecule has 1 aromatic heterocycles. The highest BCUT2D eigenvalue weighted by Gasteiger charge is 2.06. The standard InChI is InChI=1S/C9H10N2O/c1-6-3-8(5-11-4-6)9(12)7(2)10/h3-5H,2,10H2,1H3. The summed E-state index contributed by atoms with van der Waals surface area (Å²) in [5, 5.41) is 0. The van der Waals surface area contributed by atoms with Crippen molar-refractivity contribution in [2.24, 2.45) is 5.73 Å². The van der Waals surface area contributed by atoms with Crippen LogP contribution in [-0.2, 0) is 0 Å². The fourth-order valence-electron chi connectivity index (χ4n) is 0.865. The summed E-state index contributed by atoms with van der Waals surface area (Å²) in [4.78, 5) is 15.1. The van der Waals surface area contributed by atoms with Gasteiger partial charge >= 0.3 is 0 Å². The minimum atomic E-state index is -0.258. The van der Waals surface area contributed by atoms with E-state index in [4.69, 9.17) is 5.73 Å². The van der Waals surface area contributed by atoms with E-state index in [1.807, 2.05) is 6.92 Å². The van der Waals surface area contributed by atoms with Crippen molar-refractivity contribution >= 4 is 5.78 Å². The van der Waals surface area contributed by atoms with Gasteiger partial charge in [0.1, 0.15) is 0 Å². The third kappa shape index (κ3) is 1.69. The van der Waals surface area contributed by atoms with E-state index in [9.17, 15) is 4.79 Å². The second kappa shape index (κ2) is 3.17. The summed E-state index contributed by atoms with van der Waals surface area (Å²) in [6.45, 7) is 5.23. The Bertz CT molecular complexity index is 331. The molecule has 62 valence electrons. The molecule has 0 fully saturated rings. The predicted octanol–water partition coefficient (Wildman–Crippen LogP) is 1.05. The van der Waals surface area contributed by atoms with Gasteiger partial charge in [-0.3, -0.25) is 9.78 Å². The first-order valence-electron chi connectivity index (χ1n) is 3.52. The van der Waals surface area contributed by atoms with E-state index in [0.717, 1.165) is 5.56 Å². The molecular formula is C9H10N2O. The fourth-order valence-corrected chi connectivity index (χ4v) is 0.865. The molecule has 0 amide bonds. The molecule has 0 bridgehead atoms. The summed E-state index contributed by atoms with van der Waals surface area (Å²) in [5.41, 5.74) is 6.71. The zero-order valence-electron chi connectivity index (χ0n) is 6.87. The van der Waals surface area contributed by atoms with Crippen molar-refractivity contribution in [1.82, 2.24) is 4.98 Å². The maximum atomic E-state index is 11.2. The van der Waals surface area contributed by atoms with E-state index in [1.165, 1.54) is 6.20 Å². The number of Topliss-reactive ketones (excluding diaryl/α,β-unsaturated/α-hetero) is 1. The van der Waals surface area contributed by atoms with Gasteiger partial charge in [0.15, 0.2) is 0 Å². The molecule has 0 aliphatic rings. The third-order valence-electron chi connectivity index (χ3n) is 1.43. The Kier molecular flexibility index (Phi) is 2.24. The van der Waals surface area contributed by atoms with Crippen molar-refractivity contribution in [3.8, 4) is 0 Å². The first kappa shape index (κ1) is 8.46. The van der Waals surface area contributed by atoms with Crippen LogP contribution < -0.4 is 5.73 Å². The number of aromatic nitrogens is 1. The van der Waals surface area contributed by atoms with Crippen LogP contribution in [-0.4, -0.2) is 10.8 Å². The molecule has 12 heavy (non-hydrogen) atoms. The number of aryl methyl sites for hydroxylation is 1. The monoisotopic (exact) mass is 162 g/mol. The molecule has 2 N–H and O–H groups in total. The van der Waals surface area contributed by atoms with Gasteiger partial charge < -0.3 is 5.73 Å². The quantitative estimate of drug-likeness (QED) is 0.522. The first-order valence-corrected chi connectivity index (χ1v) is 3.52. The van der Waals surface area contributed by atoms with Gasteiger partial charge in [-0.25, -0.2) is 0 Å². The number of rotatable bonds is 2. The van der Waals surface area contributed by atoms with E-state index in [2.05, 4.69) is 11.6 Å². The lowest BCUT2D eigenvalue weighted by atomic mass is 10.1. The highest BCUT2D eigenvalue weighted by molar-refractivity contribution is 6.07. The van der Waals surface area contributed by atoms with Gasteiger partial charge in [0, 0.05) is 18.0 Å². The number of ketones is 1. The lowest BCUT2D eigenvalue weighted by molar-refractivity contribution is 0.103. The first-order chi connectivity index (χ1) is 5.61. The minimum absolute atomic E-state index is 0.0439. The fraction of sp³-hybridized carbons (Fsp3) is 0.111. The molecule has 0 radical (unpaired) electrons. The topological polar surface area (TPSA) is 56.0 Å². The van der Waals surface area contributed by atoms with Crippen LogP contribution in [0.3, 0.4) is 0 Å². The van der Waals surface area contributed by atoms with Crippen LogP contribution in [0.4, 0.5) is 0 Å². The maximum absolute atomic E-state index is 11.2. The molecule has 1 rings (SSSR count). The van der Waals surface area contributed by atoms with Gasteiger partial charge in [0.2, 0.25) is 5.78 Å². The summed E-state index contributed by atoms with van der Waals surface area (Å²) < 4.78 is 0. The van der Waals surface area contributed by atoms with Crippen LogP contribution in [0.5, 0.6) is 0 Å². The molecule has 0 unspecified atom stereocenters. The number of hydrogen-bond acceptors (Lipinski definition) is 3. The summed E-state index contributed by atoms with van der Waals surface area (Å²) >= 11 is 0. The molecule has 3 heteroatoms. The van der Waals surface area contributed by atoms with Gasteiger partial charge in [0.25, 0.3) is 0 Å². The van der Waals surface area contributed by atoms with Crippen molar-refractivity contribution in [1.29, 1.82) is 0 Å². The summed E-state index contributed by atoms with van der Waals surface area (Å²) in [6.07, 6.45) is 3.16. The van der Waals surface area contributed by atoms with E-state index in [0.29, 0.717) is 5.56 Å². The Hall–Kier alpha value is -1.64. The summed E-state index contributed by atoms with van der Waals surface area (Å²) in [6, 6.07) is 1.73. The van der Waals surface area contributed by atoms with Crippen molar-refractivity contribution in [3.63, 3.8) is 0 Å². The second-order valence-electron chi connectivity index (χ2n) is 2.61. The lowest BCUT2D eigenvalue weighted by Crippen LogP contribution is -2.10. The van der Waals surface area contributed by atoms with Crippen molar-refractivity contribution < 1.29 is 4.79 Å². The Balaban J connectivity index is 3.04. The van der Waals surface area contributed by atoms with Gasteiger partial charge in [-0.1, -0.05) is 6.58 Å². The Morgan fingerprint density at radius 2 is 2.25 bits per heavy atom. The number of nitrogens with two attached hydrogens (primary N) is 1. The number of nitrogens with zero attached hydrogens (tertiary/aromatic N) is 1. The zero-order chi connectivity index (χ0) is 9.14. The molecule has 0 aliphatic carbocycles. The molecule has 0 aromatic carbocycles. The van der Waals surface area contributed by atoms with Crippen LogP contribution in [0.1, 0.15) is 15.9 Å². The average molecular weight is 162 g/mol. The summed E-state index contributed by atoms with van der Waals surface area (Å²) in [7, 11) is 0. The van der Waals surface area contributed by atoms with Gasteiger partial charge in [-0.15, -0.1) is 0 Å². The Labute approximate surface area is 70.9 Å². The number of allylic oxidation sites excluding steroid dienone is 1. The number of pyridine rings is 1. The van der Waals surface area contributed by atoms with E-state index < -0.39 is 0 Å². The number of carbonyl (C=O) groups excluding carboxylic acids is 1. The van der Waals surface area contributed by atoms with Crippen LogP contribution in [0.15, 0.2) is 30.7 Å². The van der Waals surface area contributed by atoms with Crippen LogP contribution in [0.25, 0.3) is 0 Å². The van der Waals surface area contributed by atoms with Gasteiger partial charge in [-0.2, -0.15) is 0 Å². The molecule has 0 saturated heterocycles. The second-order valence-corrected chi connectivity index (χ2v) is 2.61. The molecule has 1 heterocycles. The third-order valence-corrected chi connectivity index (χ3v) is 1.43. The highest BCUT2D eigenvalue weighted by atomic mass is 16.1. The van der Waals surface area contributed by atoms with E-state index in [-0.39, 0.29) is 11.5 Å². The van der Waals surface area contributed by atoms with Crippen molar-refractivity contribution in [2.75, 3.05) is 0 Å². The van der Waals surface area contributed by atoms with Crippen molar-refractivity contribution in [2.45, 2.75) is 6.92 Å². The number of carbonyl (C=O) groups is 1. The summed E-state index contributed by atoms with van der Waals surface area (Å²) in [5.74, 6) is -0.258. The number of hydrogen-bond donors (Lipinski definition) is 1. The SMILES string of the molecule is C=C(N)C(=O)c1cncc(C)c1. The van der Waals surface area contributed by atoms with E-state index >= 15 is 0 Å². The minimum Gasteiger partial charge on any atom is -0.396 e. The molecule has 0 saturated carbocycles. The largest absolute Gasteiger partial charge is 0.396 e. The molecule has 0 spiro atoms. The van der Waals surface area contributed by atoms with Crippen LogP contribution >= 0.6 is 0 Å². The molecule has 0 aliphatic heterocycles. The predicted molar refractivity (Wildman–Crippen MR) is 46.6 cm³/mol. The van der Waals surface area contributed by atoms with Gasteiger partial charge in [0.05, 0.1) is 5.70 Å². The van der Waals surface area contributed by atoms with Gasteiger partial charge in [-0.05, 0) is 18.6 Å². The molecular weight excluding hydrogens is 152 g/mol. The smallest absolute Gasteiger partial charge is 0.209 e. The lowest BCUT2D eigenvalue weighted by Gasteiger charge is -1.99. The Morgan fingerprint density at radius 3 is 2.75 bits per heavy atom.